The lowest BCUT2D eigenvalue weighted by Gasteiger charge is -2.40. The molecule has 2 saturated carbocycles. The van der Waals surface area contributed by atoms with Crippen molar-refractivity contribution < 1.29 is 9.90 Å². The van der Waals surface area contributed by atoms with E-state index in [1.54, 1.807) is 0 Å². The van der Waals surface area contributed by atoms with E-state index < -0.39 is 5.97 Å². The van der Waals surface area contributed by atoms with Crippen LogP contribution in [-0.4, -0.2) is 34.6 Å². The first kappa shape index (κ1) is 13.9. The fourth-order valence-electron chi connectivity index (χ4n) is 3.58. The molecule has 2 rings (SSSR count). The van der Waals surface area contributed by atoms with Gasteiger partial charge in [-0.3, -0.25) is 9.69 Å². The van der Waals surface area contributed by atoms with E-state index in [1.807, 2.05) is 0 Å². The molecule has 2 unspecified atom stereocenters. The third-order valence-electron chi connectivity index (χ3n) is 4.69. The van der Waals surface area contributed by atoms with Gasteiger partial charge < -0.3 is 5.11 Å². The molecule has 0 amide bonds. The first-order valence-electron chi connectivity index (χ1n) is 7.55. The van der Waals surface area contributed by atoms with Gasteiger partial charge in [-0.1, -0.05) is 12.8 Å². The summed E-state index contributed by atoms with van der Waals surface area (Å²) >= 11 is 0. The molecular weight excluding hydrogens is 226 g/mol. The predicted octanol–water partition coefficient (Wildman–Crippen LogP) is 3.14. The molecule has 2 aliphatic carbocycles. The molecule has 18 heavy (non-hydrogen) atoms. The normalized spacial score (nSPS) is 28.9. The molecule has 1 N–H and O–H groups in total. The number of aliphatic carboxylic acids is 1. The third kappa shape index (κ3) is 3.71. The molecule has 3 nitrogen and oxygen atoms in total. The molecule has 2 fully saturated rings. The fourth-order valence-corrected chi connectivity index (χ4v) is 3.58. The van der Waals surface area contributed by atoms with Crippen LogP contribution in [0.5, 0.6) is 0 Å². The number of hydrogen-bond acceptors (Lipinski definition) is 2. The number of nitrogens with zero attached hydrogens (tertiary/aromatic N) is 1. The molecule has 0 aromatic rings. The second-order valence-electron chi connectivity index (χ2n) is 6.39. The summed E-state index contributed by atoms with van der Waals surface area (Å²) in [6.45, 7) is 5.11. The smallest absolute Gasteiger partial charge is 0.304 e. The van der Waals surface area contributed by atoms with Crippen molar-refractivity contribution in [3.05, 3.63) is 0 Å². The quantitative estimate of drug-likeness (QED) is 0.790. The van der Waals surface area contributed by atoms with Crippen molar-refractivity contribution in [2.24, 2.45) is 11.8 Å². The molecule has 104 valence electrons. The summed E-state index contributed by atoms with van der Waals surface area (Å²) in [4.78, 5) is 13.2. The molecule has 0 aromatic carbocycles. The van der Waals surface area contributed by atoms with E-state index in [0.29, 0.717) is 12.1 Å². The van der Waals surface area contributed by atoms with Crippen LogP contribution in [0.15, 0.2) is 0 Å². The van der Waals surface area contributed by atoms with Crippen LogP contribution < -0.4 is 0 Å². The molecular formula is C15H27NO2. The molecule has 0 saturated heterocycles. The van der Waals surface area contributed by atoms with E-state index in [0.717, 1.165) is 18.4 Å². The van der Waals surface area contributed by atoms with Crippen LogP contribution in [0, 0.1) is 11.8 Å². The van der Waals surface area contributed by atoms with Gasteiger partial charge in [0.25, 0.3) is 0 Å². The second-order valence-corrected chi connectivity index (χ2v) is 6.39. The van der Waals surface area contributed by atoms with Gasteiger partial charge in [0.2, 0.25) is 0 Å². The molecule has 0 aliphatic heterocycles. The largest absolute Gasteiger partial charge is 0.481 e. The standard InChI is InChI=1S/C15H27NO2/c1-11(2)16(9-8-15(17)18)14-5-3-4-13(10-14)12-6-7-12/h11-14H,3-10H2,1-2H3,(H,17,18). The zero-order valence-electron chi connectivity index (χ0n) is 11.8. The Kier molecular flexibility index (Phi) is 4.66. The summed E-state index contributed by atoms with van der Waals surface area (Å²) in [6, 6.07) is 1.09. The number of carboxylic acids is 1. The van der Waals surface area contributed by atoms with Crippen LogP contribution in [0.2, 0.25) is 0 Å². The van der Waals surface area contributed by atoms with Gasteiger partial charge in [0, 0.05) is 18.6 Å². The number of rotatable bonds is 6. The number of hydrogen-bond donors (Lipinski definition) is 1. The topological polar surface area (TPSA) is 40.5 Å². The Bertz CT molecular complexity index is 286. The maximum absolute atomic E-state index is 10.8. The zero-order chi connectivity index (χ0) is 13.1. The number of carboxylic acid groups (broad SMARTS) is 1. The van der Waals surface area contributed by atoms with Crippen LogP contribution in [0.4, 0.5) is 0 Å². The highest BCUT2D eigenvalue weighted by Crippen LogP contribution is 2.44. The average molecular weight is 253 g/mol. The highest BCUT2D eigenvalue weighted by atomic mass is 16.4. The zero-order valence-corrected chi connectivity index (χ0v) is 11.8. The van der Waals surface area contributed by atoms with Gasteiger partial charge in [-0.25, -0.2) is 0 Å². The van der Waals surface area contributed by atoms with Gasteiger partial charge in [-0.2, -0.15) is 0 Å². The lowest BCUT2D eigenvalue weighted by molar-refractivity contribution is -0.137. The summed E-state index contributed by atoms with van der Waals surface area (Å²) in [7, 11) is 0. The summed E-state index contributed by atoms with van der Waals surface area (Å²) in [5.74, 6) is 1.26. The lowest BCUT2D eigenvalue weighted by atomic mass is 9.81. The summed E-state index contributed by atoms with van der Waals surface area (Å²) in [5.41, 5.74) is 0. The van der Waals surface area contributed by atoms with Crippen molar-refractivity contribution in [3.8, 4) is 0 Å². The van der Waals surface area contributed by atoms with E-state index in [-0.39, 0.29) is 6.42 Å². The molecule has 0 spiro atoms. The maximum atomic E-state index is 10.8. The fraction of sp³-hybridized carbons (Fsp3) is 0.933. The molecule has 3 heteroatoms. The van der Waals surface area contributed by atoms with Crippen molar-refractivity contribution in [2.75, 3.05) is 6.54 Å². The van der Waals surface area contributed by atoms with Crippen LogP contribution >= 0.6 is 0 Å². The highest BCUT2D eigenvalue weighted by Gasteiger charge is 2.36. The summed E-state index contributed by atoms with van der Waals surface area (Å²) < 4.78 is 0. The van der Waals surface area contributed by atoms with E-state index in [9.17, 15) is 4.79 Å². The second kappa shape index (κ2) is 6.05. The summed E-state index contributed by atoms with van der Waals surface area (Å²) in [6.07, 6.45) is 8.47. The molecule has 0 radical (unpaired) electrons. The first-order chi connectivity index (χ1) is 8.58. The maximum Gasteiger partial charge on any atom is 0.304 e. The number of carbonyl (C=O) groups is 1. The van der Waals surface area contributed by atoms with Gasteiger partial charge in [0.15, 0.2) is 0 Å². The molecule has 0 bridgehead atoms. The van der Waals surface area contributed by atoms with Crippen molar-refractivity contribution >= 4 is 5.97 Å². The van der Waals surface area contributed by atoms with Gasteiger partial charge in [-0.05, 0) is 51.4 Å². The highest BCUT2D eigenvalue weighted by molar-refractivity contribution is 5.66. The van der Waals surface area contributed by atoms with E-state index >= 15 is 0 Å². The van der Waals surface area contributed by atoms with Gasteiger partial charge in [0.1, 0.15) is 0 Å². The minimum Gasteiger partial charge on any atom is -0.481 e. The molecule has 2 atom stereocenters. The Morgan fingerprint density at radius 1 is 1.22 bits per heavy atom. The van der Waals surface area contributed by atoms with E-state index in [4.69, 9.17) is 5.11 Å². The van der Waals surface area contributed by atoms with Crippen LogP contribution in [0.25, 0.3) is 0 Å². The average Bonchev–Trinajstić information content (AvgIpc) is 3.12. The minimum atomic E-state index is -0.671. The van der Waals surface area contributed by atoms with Crippen molar-refractivity contribution in [2.45, 2.75) is 70.9 Å². The molecule has 0 aromatic heterocycles. The lowest BCUT2D eigenvalue weighted by Crippen LogP contribution is -2.44. The Balaban J connectivity index is 1.89. The van der Waals surface area contributed by atoms with Crippen molar-refractivity contribution in [1.82, 2.24) is 4.90 Å². The summed E-state index contributed by atoms with van der Waals surface area (Å²) in [5, 5.41) is 8.87. The van der Waals surface area contributed by atoms with E-state index in [1.165, 1.54) is 38.5 Å². The van der Waals surface area contributed by atoms with Crippen molar-refractivity contribution in [3.63, 3.8) is 0 Å². The van der Waals surface area contributed by atoms with Crippen LogP contribution in [0.1, 0.15) is 58.8 Å². The Hall–Kier alpha value is -0.570. The monoisotopic (exact) mass is 253 g/mol. The molecule has 2 aliphatic rings. The Morgan fingerprint density at radius 3 is 2.50 bits per heavy atom. The van der Waals surface area contributed by atoms with Crippen LogP contribution in [-0.2, 0) is 4.79 Å². The third-order valence-corrected chi connectivity index (χ3v) is 4.69. The first-order valence-corrected chi connectivity index (χ1v) is 7.55. The Morgan fingerprint density at radius 2 is 1.94 bits per heavy atom. The SMILES string of the molecule is CC(C)N(CCC(=O)O)C1CCCC(C2CC2)C1. The predicted molar refractivity (Wildman–Crippen MR) is 72.6 cm³/mol. The van der Waals surface area contributed by atoms with Gasteiger partial charge in [-0.15, -0.1) is 0 Å². The Labute approximate surface area is 111 Å². The van der Waals surface area contributed by atoms with Crippen LogP contribution in [0.3, 0.4) is 0 Å². The van der Waals surface area contributed by atoms with Crippen molar-refractivity contribution in [1.29, 1.82) is 0 Å². The molecule has 0 heterocycles. The van der Waals surface area contributed by atoms with Gasteiger partial charge >= 0.3 is 5.97 Å². The minimum absolute atomic E-state index is 0.281. The van der Waals surface area contributed by atoms with E-state index in [2.05, 4.69) is 18.7 Å². The van der Waals surface area contributed by atoms with Gasteiger partial charge in [0.05, 0.1) is 6.42 Å².